The summed E-state index contributed by atoms with van der Waals surface area (Å²) in [6, 6.07) is 0. The second-order valence-electron chi connectivity index (χ2n) is 4.22. The van der Waals surface area contributed by atoms with E-state index in [1.807, 2.05) is 20.9 Å². The molecule has 1 rings (SSSR count). The molecule has 0 saturated carbocycles. The van der Waals surface area contributed by atoms with Crippen molar-refractivity contribution in [3.05, 3.63) is 17.0 Å². The first-order valence-electron chi connectivity index (χ1n) is 6.60. The number of carbonyl (C=O) groups is 1. The number of nitrogens with one attached hydrogen (secondary N) is 2. The fraction of sp³-hybridized carbons (Fsp3) is 0.692. The number of carbonyl (C=O) groups excluding carboxylic acids is 1. The molecule has 0 aliphatic heterocycles. The lowest BCUT2D eigenvalue weighted by molar-refractivity contribution is -0.121. The average molecular weight is 253 g/mol. The van der Waals surface area contributed by atoms with Crippen LogP contribution >= 0.6 is 0 Å². The molecule has 0 spiro atoms. The van der Waals surface area contributed by atoms with Gasteiger partial charge in [0.15, 0.2) is 0 Å². The molecule has 0 aromatic carbocycles. The van der Waals surface area contributed by atoms with Crippen molar-refractivity contribution in [3.63, 3.8) is 0 Å². The van der Waals surface area contributed by atoms with Crippen molar-refractivity contribution in [1.29, 1.82) is 0 Å². The van der Waals surface area contributed by atoms with Crippen molar-refractivity contribution in [2.24, 2.45) is 0 Å². The molecule has 5 nitrogen and oxygen atoms in total. The van der Waals surface area contributed by atoms with E-state index in [-0.39, 0.29) is 5.91 Å². The van der Waals surface area contributed by atoms with Gasteiger partial charge in [-0.3, -0.25) is 4.79 Å². The average Bonchev–Trinajstić information content (AvgIpc) is 2.78. The Hall–Kier alpha value is -1.36. The number of amides is 1. The molecule has 1 aromatic rings. The van der Waals surface area contributed by atoms with Crippen LogP contribution in [-0.2, 0) is 24.2 Å². The molecule has 0 fully saturated rings. The monoisotopic (exact) mass is 253 g/mol. The van der Waals surface area contributed by atoms with E-state index in [9.17, 15) is 4.79 Å². The number of hydrogen-bond acceptors (Lipinski definition) is 4. The fourth-order valence-corrected chi connectivity index (χ4v) is 1.84. The third-order valence-corrected chi connectivity index (χ3v) is 2.90. The topological polar surface area (TPSA) is 67.2 Å². The van der Waals surface area contributed by atoms with Crippen LogP contribution in [0.25, 0.3) is 0 Å². The van der Waals surface area contributed by atoms with E-state index in [1.165, 1.54) is 0 Å². The standard InChI is InChI=1S/C13H23N3O2/c1-4-11-10(12(5-2)18-16-11)9-15-13(17)7-6-8-14-3/h14H,4-9H2,1-3H3,(H,15,17). The highest BCUT2D eigenvalue weighted by Gasteiger charge is 2.13. The lowest BCUT2D eigenvalue weighted by Gasteiger charge is -2.05. The second-order valence-corrected chi connectivity index (χ2v) is 4.22. The van der Waals surface area contributed by atoms with E-state index in [2.05, 4.69) is 15.8 Å². The number of aromatic nitrogens is 1. The largest absolute Gasteiger partial charge is 0.361 e. The van der Waals surface area contributed by atoms with E-state index in [0.717, 1.165) is 42.8 Å². The first-order valence-corrected chi connectivity index (χ1v) is 6.60. The first-order chi connectivity index (χ1) is 8.72. The lowest BCUT2D eigenvalue weighted by atomic mass is 10.1. The maximum absolute atomic E-state index is 11.6. The summed E-state index contributed by atoms with van der Waals surface area (Å²) in [5, 5.41) is 9.97. The van der Waals surface area contributed by atoms with Crippen LogP contribution in [0.5, 0.6) is 0 Å². The normalized spacial score (nSPS) is 10.6. The van der Waals surface area contributed by atoms with E-state index >= 15 is 0 Å². The molecular formula is C13H23N3O2. The van der Waals surface area contributed by atoms with Crippen LogP contribution in [0, 0.1) is 0 Å². The number of hydrogen-bond donors (Lipinski definition) is 2. The molecule has 1 amide bonds. The van der Waals surface area contributed by atoms with Gasteiger partial charge in [0.2, 0.25) is 5.91 Å². The summed E-state index contributed by atoms with van der Waals surface area (Å²) in [4.78, 5) is 11.6. The highest BCUT2D eigenvalue weighted by atomic mass is 16.5. The number of rotatable bonds is 8. The van der Waals surface area contributed by atoms with E-state index < -0.39 is 0 Å². The van der Waals surface area contributed by atoms with Gasteiger partial charge in [-0.1, -0.05) is 19.0 Å². The van der Waals surface area contributed by atoms with Gasteiger partial charge < -0.3 is 15.2 Å². The molecule has 2 N–H and O–H groups in total. The quantitative estimate of drug-likeness (QED) is 0.688. The summed E-state index contributed by atoms with van der Waals surface area (Å²) < 4.78 is 5.26. The Kier molecular flexibility index (Phi) is 6.43. The summed E-state index contributed by atoms with van der Waals surface area (Å²) in [5.41, 5.74) is 1.99. The second kappa shape index (κ2) is 7.87. The van der Waals surface area contributed by atoms with Gasteiger partial charge in [-0.05, 0) is 26.4 Å². The zero-order valence-corrected chi connectivity index (χ0v) is 11.5. The van der Waals surface area contributed by atoms with Gasteiger partial charge in [0.1, 0.15) is 5.76 Å². The first kappa shape index (κ1) is 14.7. The van der Waals surface area contributed by atoms with Crippen molar-refractivity contribution < 1.29 is 9.32 Å². The molecule has 1 aromatic heterocycles. The van der Waals surface area contributed by atoms with Crippen LogP contribution in [0.4, 0.5) is 0 Å². The molecule has 0 radical (unpaired) electrons. The zero-order valence-electron chi connectivity index (χ0n) is 11.5. The van der Waals surface area contributed by atoms with Crippen molar-refractivity contribution in [2.45, 2.75) is 46.1 Å². The Morgan fingerprint density at radius 3 is 2.72 bits per heavy atom. The van der Waals surface area contributed by atoms with Crippen LogP contribution in [0.2, 0.25) is 0 Å². The van der Waals surface area contributed by atoms with Crippen LogP contribution < -0.4 is 10.6 Å². The molecule has 0 saturated heterocycles. The summed E-state index contributed by atoms with van der Waals surface area (Å²) in [6.45, 7) is 5.45. The Morgan fingerprint density at radius 2 is 2.11 bits per heavy atom. The smallest absolute Gasteiger partial charge is 0.220 e. The minimum atomic E-state index is 0.0792. The third-order valence-electron chi connectivity index (χ3n) is 2.90. The van der Waals surface area contributed by atoms with Crippen molar-refractivity contribution in [1.82, 2.24) is 15.8 Å². The minimum Gasteiger partial charge on any atom is -0.361 e. The maximum atomic E-state index is 11.6. The van der Waals surface area contributed by atoms with E-state index in [0.29, 0.717) is 13.0 Å². The molecule has 0 aliphatic rings. The molecule has 0 aliphatic carbocycles. The fourth-order valence-electron chi connectivity index (χ4n) is 1.84. The van der Waals surface area contributed by atoms with Crippen LogP contribution in [-0.4, -0.2) is 24.7 Å². The van der Waals surface area contributed by atoms with Gasteiger partial charge in [-0.2, -0.15) is 0 Å². The van der Waals surface area contributed by atoms with E-state index in [4.69, 9.17) is 4.52 Å². The van der Waals surface area contributed by atoms with Crippen molar-refractivity contribution >= 4 is 5.91 Å². The Morgan fingerprint density at radius 1 is 1.33 bits per heavy atom. The molecule has 0 bridgehead atoms. The van der Waals surface area contributed by atoms with Gasteiger partial charge in [0.05, 0.1) is 5.69 Å². The summed E-state index contributed by atoms with van der Waals surface area (Å²) >= 11 is 0. The zero-order chi connectivity index (χ0) is 13.4. The SMILES string of the molecule is CCc1noc(CC)c1CNC(=O)CCCNC. The predicted molar refractivity (Wildman–Crippen MR) is 70.3 cm³/mol. The van der Waals surface area contributed by atoms with Crippen LogP contribution in [0.15, 0.2) is 4.52 Å². The Labute approximate surface area is 108 Å². The Balaban J connectivity index is 2.46. The van der Waals surface area contributed by atoms with Gasteiger partial charge in [0.25, 0.3) is 0 Å². The van der Waals surface area contributed by atoms with Crippen molar-refractivity contribution in [2.75, 3.05) is 13.6 Å². The molecule has 18 heavy (non-hydrogen) atoms. The molecule has 0 unspecified atom stereocenters. The highest BCUT2D eigenvalue weighted by Crippen LogP contribution is 2.15. The molecule has 102 valence electrons. The predicted octanol–water partition coefficient (Wildman–Crippen LogP) is 1.42. The number of aryl methyl sites for hydroxylation is 2. The van der Waals surface area contributed by atoms with E-state index in [1.54, 1.807) is 0 Å². The highest BCUT2D eigenvalue weighted by molar-refractivity contribution is 5.75. The lowest BCUT2D eigenvalue weighted by Crippen LogP contribution is -2.24. The van der Waals surface area contributed by atoms with Crippen LogP contribution in [0.1, 0.15) is 43.7 Å². The summed E-state index contributed by atoms with van der Waals surface area (Å²) in [6.07, 6.45) is 3.04. The van der Waals surface area contributed by atoms with Gasteiger partial charge in [-0.25, -0.2) is 0 Å². The maximum Gasteiger partial charge on any atom is 0.220 e. The minimum absolute atomic E-state index is 0.0792. The van der Waals surface area contributed by atoms with Crippen LogP contribution in [0.3, 0.4) is 0 Å². The van der Waals surface area contributed by atoms with Gasteiger partial charge in [-0.15, -0.1) is 0 Å². The van der Waals surface area contributed by atoms with Gasteiger partial charge >= 0.3 is 0 Å². The van der Waals surface area contributed by atoms with Crippen molar-refractivity contribution in [3.8, 4) is 0 Å². The summed E-state index contributed by atoms with van der Waals surface area (Å²) in [7, 11) is 1.89. The molecule has 5 heteroatoms. The molecule has 1 heterocycles. The number of nitrogens with zero attached hydrogens (tertiary/aromatic N) is 1. The Bertz CT molecular complexity index is 353. The molecular weight excluding hydrogens is 230 g/mol. The summed E-state index contributed by atoms with van der Waals surface area (Å²) in [5.74, 6) is 0.956. The molecule has 0 atom stereocenters. The van der Waals surface area contributed by atoms with Gasteiger partial charge in [0, 0.05) is 24.9 Å². The third kappa shape index (κ3) is 4.14.